The number of aliphatic hydroxyl groups excluding tert-OH is 1. The highest BCUT2D eigenvalue weighted by atomic mass is 32.1. The van der Waals surface area contributed by atoms with E-state index in [9.17, 15) is 5.11 Å². The molecule has 2 aromatic heterocycles. The van der Waals surface area contributed by atoms with Crippen LogP contribution >= 0.6 is 11.3 Å². The second-order valence-corrected chi connectivity index (χ2v) is 7.90. The summed E-state index contributed by atoms with van der Waals surface area (Å²) >= 11 is 1.73. The molecule has 108 valence electrons. The van der Waals surface area contributed by atoms with E-state index in [0.717, 1.165) is 29.2 Å². The average molecular weight is 290 g/mol. The molecule has 1 aliphatic rings. The molecule has 0 saturated carbocycles. The lowest BCUT2D eigenvalue weighted by atomic mass is 9.75. The maximum atomic E-state index is 10.4. The number of hydrogen-bond donors (Lipinski definition) is 1. The SMILES string of the molecule is Cc1nc(-n2c(C)cc3c2CC(C)(C)CC3O)sc1C. The monoisotopic (exact) mass is 290 g/mol. The maximum Gasteiger partial charge on any atom is 0.194 e. The maximum absolute atomic E-state index is 10.4. The van der Waals surface area contributed by atoms with E-state index in [2.05, 4.69) is 45.3 Å². The van der Waals surface area contributed by atoms with Crippen molar-refractivity contribution >= 4 is 11.3 Å². The average Bonchev–Trinajstić information content (AvgIpc) is 2.78. The molecule has 0 spiro atoms. The van der Waals surface area contributed by atoms with Crippen LogP contribution in [0, 0.1) is 26.2 Å². The van der Waals surface area contributed by atoms with Gasteiger partial charge in [-0.2, -0.15) is 0 Å². The zero-order valence-corrected chi connectivity index (χ0v) is 13.6. The summed E-state index contributed by atoms with van der Waals surface area (Å²) in [5.41, 5.74) is 4.73. The fourth-order valence-corrected chi connectivity index (χ4v) is 4.16. The lowest BCUT2D eigenvalue weighted by Crippen LogP contribution is -2.26. The van der Waals surface area contributed by atoms with Crippen LogP contribution in [0.4, 0.5) is 0 Å². The minimum absolute atomic E-state index is 0.135. The highest BCUT2D eigenvalue weighted by molar-refractivity contribution is 7.14. The third-order valence-electron chi connectivity index (χ3n) is 4.28. The van der Waals surface area contributed by atoms with Crippen molar-refractivity contribution in [2.45, 2.75) is 53.6 Å². The Morgan fingerprint density at radius 3 is 2.65 bits per heavy atom. The predicted molar refractivity (Wildman–Crippen MR) is 82.7 cm³/mol. The van der Waals surface area contributed by atoms with E-state index < -0.39 is 0 Å². The lowest BCUT2D eigenvalue weighted by Gasteiger charge is -2.33. The summed E-state index contributed by atoms with van der Waals surface area (Å²) in [6.45, 7) is 10.7. The molecule has 1 aliphatic carbocycles. The highest BCUT2D eigenvalue weighted by Crippen LogP contribution is 2.43. The number of thiazole rings is 1. The van der Waals surface area contributed by atoms with E-state index in [-0.39, 0.29) is 11.5 Å². The molecule has 4 heteroatoms. The number of aliphatic hydroxyl groups is 1. The Labute approximate surface area is 124 Å². The summed E-state index contributed by atoms with van der Waals surface area (Å²) in [6.07, 6.45) is 1.47. The first kappa shape index (κ1) is 13.8. The fourth-order valence-electron chi connectivity index (χ4n) is 3.16. The van der Waals surface area contributed by atoms with Crippen molar-refractivity contribution in [3.63, 3.8) is 0 Å². The summed E-state index contributed by atoms with van der Waals surface area (Å²) in [7, 11) is 0. The van der Waals surface area contributed by atoms with Gasteiger partial charge in [0.05, 0.1) is 11.8 Å². The van der Waals surface area contributed by atoms with Crippen LogP contribution in [0.5, 0.6) is 0 Å². The van der Waals surface area contributed by atoms with Gasteiger partial charge in [0.15, 0.2) is 5.13 Å². The molecule has 2 heterocycles. The van der Waals surface area contributed by atoms with Crippen molar-refractivity contribution in [3.8, 4) is 5.13 Å². The molecular weight excluding hydrogens is 268 g/mol. The number of aromatic nitrogens is 2. The molecule has 3 rings (SSSR count). The first-order chi connectivity index (χ1) is 9.28. The van der Waals surface area contributed by atoms with Gasteiger partial charge in [0.2, 0.25) is 0 Å². The third-order valence-corrected chi connectivity index (χ3v) is 5.34. The Balaban J connectivity index is 2.18. The van der Waals surface area contributed by atoms with Crippen molar-refractivity contribution in [2.75, 3.05) is 0 Å². The quantitative estimate of drug-likeness (QED) is 0.866. The van der Waals surface area contributed by atoms with Gasteiger partial charge in [-0.25, -0.2) is 4.98 Å². The molecule has 0 saturated heterocycles. The van der Waals surface area contributed by atoms with Gasteiger partial charge in [-0.15, -0.1) is 11.3 Å². The standard InChI is InChI=1S/C16H22N2OS/c1-9-6-12-13(7-16(4,5)8-14(12)19)18(9)15-17-10(2)11(3)20-15/h6,14,19H,7-8H2,1-5H3. The normalized spacial score (nSPS) is 21.0. The van der Waals surface area contributed by atoms with Crippen LogP contribution in [0.2, 0.25) is 0 Å². The molecule has 2 aromatic rings. The Bertz CT molecular complexity index is 647. The van der Waals surface area contributed by atoms with Crippen LogP contribution in [-0.4, -0.2) is 14.7 Å². The van der Waals surface area contributed by atoms with Crippen molar-refractivity contribution in [1.29, 1.82) is 0 Å². The summed E-state index contributed by atoms with van der Waals surface area (Å²) in [5.74, 6) is 0. The Morgan fingerprint density at radius 2 is 2.05 bits per heavy atom. The predicted octanol–water partition coefficient (Wildman–Crippen LogP) is 3.86. The zero-order valence-electron chi connectivity index (χ0n) is 12.8. The van der Waals surface area contributed by atoms with Crippen LogP contribution in [0.15, 0.2) is 6.07 Å². The highest BCUT2D eigenvalue weighted by Gasteiger charge is 2.34. The molecule has 0 aromatic carbocycles. The van der Waals surface area contributed by atoms with Gasteiger partial charge in [-0.05, 0) is 45.1 Å². The topological polar surface area (TPSA) is 38.0 Å². The van der Waals surface area contributed by atoms with Gasteiger partial charge in [-0.3, -0.25) is 4.57 Å². The van der Waals surface area contributed by atoms with Crippen LogP contribution in [-0.2, 0) is 6.42 Å². The summed E-state index contributed by atoms with van der Waals surface area (Å²) in [5, 5.41) is 11.4. The summed E-state index contributed by atoms with van der Waals surface area (Å²) in [6, 6.07) is 2.13. The summed E-state index contributed by atoms with van der Waals surface area (Å²) in [4.78, 5) is 5.96. The second kappa shape index (κ2) is 4.43. The van der Waals surface area contributed by atoms with Gasteiger partial charge in [0.25, 0.3) is 0 Å². The van der Waals surface area contributed by atoms with Gasteiger partial charge in [0.1, 0.15) is 0 Å². The van der Waals surface area contributed by atoms with Gasteiger partial charge < -0.3 is 5.11 Å². The Hall–Kier alpha value is -1.13. The van der Waals surface area contributed by atoms with Crippen molar-refractivity contribution in [3.05, 3.63) is 33.6 Å². The molecule has 0 radical (unpaired) electrons. The molecule has 0 amide bonds. The molecular formula is C16H22N2OS. The van der Waals surface area contributed by atoms with Crippen LogP contribution in [0.3, 0.4) is 0 Å². The molecule has 1 atom stereocenters. The lowest BCUT2D eigenvalue weighted by molar-refractivity contribution is 0.0987. The van der Waals surface area contributed by atoms with E-state index in [1.165, 1.54) is 16.3 Å². The number of hydrogen-bond acceptors (Lipinski definition) is 3. The second-order valence-electron chi connectivity index (χ2n) is 6.72. The van der Waals surface area contributed by atoms with Crippen molar-refractivity contribution in [1.82, 2.24) is 9.55 Å². The van der Waals surface area contributed by atoms with Crippen LogP contribution < -0.4 is 0 Å². The third kappa shape index (κ3) is 2.11. The van der Waals surface area contributed by atoms with Crippen LogP contribution in [0.25, 0.3) is 5.13 Å². The van der Waals surface area contributed by atoms with Crippen molar-refractivity contribution in [2.24, 2.45) is 5.41 Å². The van der Waals surface area contributed by atoms with E-state index in [1.807, 2.05) is 0 Å². The number of aryl methyl sites for hydroxylation is 3. The zero-order chi connectivity index (χ0) is 14.7. The Morgan fingerprint density at radius 1 is 1.35 bits per heavy atom. The molecule has 1 N–H and O–H groups in total. The molecule has 0 fully saturated rings. The van der Waals surface area contributed by atoms with E-state index in [1.54, 1.807) is 11.3 Å². The van der Waals surface area contributed by atoms with Crippen LogP contribution in [0.1, 0.15) is 53.9 Å². The van der Waals surface area contributed by atoms with Gasteiger partial charge in [0, 0.05) is 21.8 Å². The molecule has 1 unspecified atom stereocenters. The Kier molecular flexibility index (Phi) is 3.07. The van der Waals surface area contributed by atoms with Gasteiger partial charge >= 0.3 is 0 Å². The minimum atomic E-state index is -0.351. The largest absolute Gasteiger partial charge is 0.388 e. The first-order valence-electron chi connectivity index (χ1n) is 7.12. The molecule has 3 nitrogen and oxygen atoms in total. The number of rotatable bonds is 1. The van der Waals surface area contributed by atoms with E-state index in [4.69, 9.17) is 4.98 Å². The smallest absolute Gasteiger partial charge is 0.194 e. The molecule has 0 bridgehead atoms. The number of fused-ring (bicyclic) bond motifs is 1. The first-order valence-corrected chi connectivity index (χ1v) is 7.94. The minimum Gasteiger partial charge on any atom is -0.388 e. The number of nitrogens with zero attached hydrogens (tertiary/aromatic N) is 2. The summed E-state index contributed by atoms with van der Waals surface area (Å²) < 4.78 is 2.24. The van der Waals surface area contributed by atoms with E-state index in [0.29, 0.717) is 0 Å². The van der Waals surface area contributed by atoms with E-state index >= 15 is 0 Å². The fraction of sp³-hybridized carbons (Fsp3) is 0.562. The molecule has 0 aliphatic heterocycles. The molecule has 20 heavy (non-hydrogen) atoms. The van der Waals surface area contributed by atoms with Crippen molar-refractivity contribution < 1.29 is 5.11 Å². The van der Waals surface area contributed by atoms with Gasteiger partial charge in [-0.1, -0.05) is 13.8 Å².